The lowest BCUT2D eigenvalue weighted by atomic mass is 9.97. The minimum Gasteiger partial charge on any atom is -0.508 e. The molecule has 4 heterocycles. The van der Waals surface area contributed by atoms with E-state index in [4.69, 9.17) is 37.6 Å². The molecule has 0 saturated carbocycles. The zero-order valence-corrected chi connectivity index (χ0v) is 33.8. The molecule has 4 aromatic rings. The number of phenolic OH excluding ortho intramolecular Hbond substituents is 4. The van der Waals surface area contributed by atoms with E-state index in [-0.39, 0.29) is 34.2 Å². The predicted molar refractivity (Wildman–Crippen MR) is 214 cm³/mol. The predicted octanol–water partition coefficient (Wildman–Crippen LogP) is -2.24. The first-order valence-corrected chi connectivity index (χ1v) is 19.9. The van der Waals surface area contributed by atoms with E-state index in [0.29, 0.717) is 5.56 Å². The molecule has 7 rings (SSSR count). The molecule has 0 bridgehead atoms. The number of ether oxygens (including phenoxy) is 7. The molecule has 3 aliphatic heterocycles. The van der Waals surface area contributed by atoms with Crippen LogP contribution in [0, 0.1) is 0 Å². The molecule has 3 aliphatic rings. The zero-order valence-electron chi connectivity index (χ0n) is 33.8. The number of rotatable bonds is 12. The smallest absolute Gasteiger partial charge is 0.330 e. The number of aliphatic hydroxyl groups excluding tert-OH is 9. The van der Waals surface area contributed by atoms with Crippen LogP contribution in [0.5, 0.6) is 34.5 Å². The van der Waals surface area contributed by atoms with E-state index in [1.54, 1.807) is 0 Å². The van der Waals surface area contributed by atoms with Gasteiger partial charge >= 0.3 is 5.97 Å². The lowest BCUT2D eigenvalue weighted by molar-refractivity contribution is -0.355. The Morgan fingerprint density at radius 2 is 1.34 bits per heavy atom. The standard InChI is InChI=1S/C42H46O23/c1-15-28(49)34(55)39(65-41-36(57)33(54)30(51)25(63-41)14-58-26(48)9-3-16-2-8-20(45)21(46)10-16)42(59-15)64-38-31(52)27-22(47)11-19(60-40-35(56)32(53)29(50)24(13-43)62-40)12-23(27)61-37(38)17-4-6-18(44)7-5-17/h2-12,15,24-25,28-30,32-36,39-47,49-51,53-57H,13-14H2,1H3/b9-3+/t15-,24+,25+,28-,29+,30+,32-,33-,34+,35+,36+,39+,40+,41-,42-/m0/s1. The summed E-state index contributed by atoms with van der Waals surface area (Å²) in [5.74, 6) is -4.16. The number of fused-ring (bicyclic) bond motifs is 1. The van der Waals surface area contributed by atoms with E-state index in [1.165, 1.54) is 55.5 Å². The monoisotopic (exact) mass is 918 g/mol. The van der Waals surface area contributed by atoms with Gasteiger partial charge in [-0.2, -0.15) is 0 Å². The molecule has 3 saturated heterocycles. The Balaban J connectivity index is 1.17. The molecule has 3 aromatic carbocycles. The number of aliphatic hydroxyl groups is 9. The van der Waals surface area contributed by atoms with Crippen LogP contribution in [0.4, 0.5) is 0 Å². The van der Waals surface area contributed by atoms with Crippen LogP contribution in [0.3, 0.4) is 0 Å². The van der Waals surface area contributed by atoms with Gasteiger partial charge in [0.15, 0.2) is 29.7 Å². The van der Waals surface area contributed by atoms with Gasteiger partial charge in [-0.25, -0.2) is 4.79 Å². The topological polar surface area (TPSA) is 375 Å². The highest BCUT2D eigenvalue weighted by Gasteiger charge is 2.51. The summed E-state index contributed by atoms with van der Waals surface area (Å²) < 4.78 is 45.7. The molecule has 1 aromatic heterocycles. The van der Waals surface area contributed by atoms with Gasteiger partial charge in [-0.3, -0.25) is 4.79 Å². The quantitative estimate of drug-likeness (QED) is 0.0406. The third-order valence-corrected chi connectivity index (χ3v) is 10.9. The van der Waals surface area contributed by atoms with Gasteiger partial charge in [0.05, 0.1) is 12.7 Å². The molecule has 0 spiro atoms. The first-order valence-electron chi connectivity index (χ1n) is 19.9. The molecule has 0 amide bonds. The lowest BCUT2D eigenvalue weighted by Gasteiger charge is -2.45. The molecule has 15 atom stereocenters. The molecule has 23 nitrogen and oxygen atoms in total. The third kappa shape index (κ3) is 9.83. The first-order chi connectivity index (χ1) is 30.9. The average molecular weight is 919 g/mol. The summed E-state index contributed by atoms with van der Waals surface area (Å²) in [6.45, 7) is -0.159. The maximum atomic E-state index is 14.4. The molecule has 65 heavy (non-hydrogen) atoms. The summed E-state index contributed by atoms with van der Waals surface area (Å²) in [6.07, 6.45) is -24.4. The van der Waals surface area contributed by atoms with Gasteiger partial charge in [0, 0.05) is 23.8 Å². The fraction of sp³-hybridized carbons (Fsp3) is 0.429. The van der Waals surface area contributed by atoms with E-state index in [2.05, 4.69) is 0 Å². The lowest BCUT2D eigenvalue weighted by Crippen LogP contribution is -2.64. The number of aromatic hydroxyl groups is 4. The molecule has 352 valence electrons. The highest BCUT2D eigenvalue weighted by Crippen LogP contribution is 2.39. The fourth-order valence-corrected chi connectivity index (χ4v) is 7.24. The minimum absolute atomic E-state index is 0.0787. The molecular weight excluding hydrogens is 872 g/mol. The number of carbonyl (C=O) groups excluding carboxylic acids is 1. The molecule has 0 aliphatic carbocycles. The number of benzene rings is 3. The summed E-state index contributed by atoms with van der Waals surface area (Å²) >= 11 is 0. The highest BCUT2D eigenvalue weighted by molar-refractivity contribution is 5.88. The molecule has 0 radical (unpaired) electrons. The van der Waals surface area contributed by atoms with Crippen LogP contribution < -0.4 is 14.9 Å². The van der Waals surface area contributed by atoms with E-state index < -0.39 is 139 Å². The van der Waals surface area contributed by atoms with Crippen molar-refractivity contribution in [2.24, 2.45) is 0 Å². The van der Waals surface area contributed by atoms with Crippen LogP contribution in [-0.2, 0) is 28.5 Å². The largest absolute Gasteiger partial charge is 0.508 e. The summed E-state index contributed by atoms with van der Waals surface area (Å²) in [5.41, 5.74) is -1.05. The van der Waals surface area contributed by atoms with Crippen LogP contribution in [0.2, 0.25) is 0 Å². The number of esters is 1. The highest BCUT2D eigenvalue weighted by atomic mass is 16.8. The Labute approximate surface area is 365 Å². The maximum absolute atomic E-state index is 14.4. The maximum Gasteiger partial charge on any atom is 0.330 e. The molecule has 0 unspecified atom stereocenters. The van der Waals surface area contributed by atoms with E-state index in [1.807, 2.05) is 0 Å². The Morgan fingerprint density at radius 3 is 2.02 bits per heavy atom. The van der Waals surface area contributed by atoms with E-state index >= 15 is 0 Å². The van der Waals surface area contributed by atoms with Crippen molar-refractivity contribution in [3.63, 3.8) is 0 Å². The van der Waals surface area contributed by atoms with Gasteiger partial charge in [-0.05, 0) is 55.0 Å². The summed E-state index contributed by atoms with van der Waals surface area (Å²) in [7, 11) is 0. The normalized spacial score (nSPS) is 32.9. The van der Waals surface area contributed by atoms with Crippen molar-refractivity contribution in [2.75, 3.05) is 13.2 Å². The number of phenols is 4. The van der Waals surface area contributed by atoms with Gasteiger partial charge in [0.25, 0.3) is 0 Å². The Bertz CT molecular complexity index is 2400. The first kappa shape index (κ1) is 47.3. The number of hydrogen-bond donors (Lipinski definition) is 13. The van der Waals surface area contributed by atoms with Crippen LogP contribution in [0.15, 0.2) is 69.9 Å². The Kier molecular flexibility index (Phi) is 14.2. The second kappa shape index (κ2) is 19.4. The van der Waals surface area contributed by atoms with Crippen LogP contribution in [0.25, 0.3) is 28.4 Å². The molecular formula is C42H46O23. The summed E-state index contributed by atoms with van der Waals surface area (Å²) in [5, 5.41) is 135. The van der Waals surface area contributed by atoms with Gasteiger partial charge < -0.3 is 104 Å². The van der Waals surface area contributed by atoms with Crippen LogP contribution in [0.1, 0.15) is 12.5 Å². The van der Waals surface area contributed by atoms with E-state index in [9.17, 15) is 76.0 Å². The Hall–Kier alpha value is -5.64. The molecule has 3 fully saturated rings. The van der Waals surface area contributed by atoms with Crippen LogP contribution in [-0.4, -0.2) is 178 Å². The van der Waals surface area contributed by atoms with Gasteiger partial charge in [0.1, 0.15) is 95.9 Å². The number of carbonyl (C=O) groups is 1. The minimum atomic E-state index is -2.06. The van der Waals surface area contributed by atoms with Crippen molar-refractivity contribution in [1.82, 2.24) is 0 Å². The zero-order chi connectivity index (χ0) is 47.0. The van der Waals surface area contributed by atoms with Crippen molar-refractivity contribution in [3.05, 3.63) is 76.5 Å². The summed E-state index contributed by atoms with van der Waals surface area (Å²) in [4.78, 5) is 26.9. The SMILES string of the molecule is C[C@@H]1O[C@@H](Oc2c(-c3ccc(O)cc3)oc3cc(O[C@@H]4O[C@H](CO)[C@@H](O)[C@H](O)[C@H]4O)cc(O)c3c2=O)[C@H](O[C@@H]2O[C@H](COC(=O)/C=C/c3ccc(O)c(O)c3)[C@@H](O)[C@H](O)[C@H]2O)[C@H](O)[C@H]1O. The van der Waals surface area contributed by atoms with Crippen LogP contribution >= 0.6 is 0 Å². The van der Waals surface area contributed by atoms with Gasteiger partial charge in [-0.15, -0.1) is 0 Å². The van der Waals surface area contributed by atoms with Crippen molar-refractivity contribution in [3.8, 4) is 45.8 Å². The third-order valence-electron chi connectivity index (χ3n) is 10.9. The Morgan fingerprint density at radius 1 is 0.677 bits per heavy atom. The summed E-state index contributed by atoms with van der Waals surface area (Å²) in [6, 6.07) is 10.9. The molecule has 23 heteroatoms. The average Bonchev–Trinajstić information content (AvgIpc) is 3.27. The van der Waals surface area contributed by atoms with Crippen molar-refractivity contribution >= 4 is 23.0 Å². The van der Waals surface area contributed by atoms with Crippen molar-refractivity contribution in [2.45, 2.75) is 99.0 Å². The fourth-order valence-electron chi connectivity index (χ4n) is 7.24. The van der Waals surface area contributed by atoms with Crippen molar-refractivity contribution in [1.29, 1.82) is 0 Å². The second-order valence-electron chi connectivity index (χ2n) is 15.4. The number of hydrogen-bond acceptors (Lipinski definition) is 23. The second-order valence-corrected chi connectivity index (χ2v) is 15.4. The van der Waals surface area contributed by atoms with E-state index in [0.717, 1.165) is 18.2 Å². The van der Waals surface area contributed by atoms with Crippen molar-refractivity contribution < 1.29 is 109 Å². The molecule has 13 N–H and O–H groups in total. The van der Waals surface area contributed by atoms with Gasteiger partial charge in [-0.1, -0.05) is 6.07 Å². The van der Waals surface area contributed by atoms with Gasteiger partial charge in [0.2, 0.25) is 23.8 Å².